The third-order valence-corrected chi connectivity index (χ3v) is 4.62. The van der Waals surface area contributed by atoms with Crippen LogP contribution in [0.3, 0.4) is 0 Å². The second-order valence-corrected chi connectivity index (χ2v) is 6.29. The van der Waals surface area contributed by atoms with Crippen LogP contribution in [0.25, 0.3) is 10.1 Å². The summed E-state index contributed by atoms with van der Waals surface area (Å²) < 4.78 is 6.28. The maximum Gasteiger partial charge on any atom is 0.341 e. The van der Waals surface area contributed by atoms with Gasteiger partial charge in [0.15, 0.2) is 0 Å². The van der Waals surface area contributed by atoms with Crippen molar-refractivity contribution in [3.05, 3.63) is 53.6 Å². The molecular formula is C18H18N2O2S. The minimum absolute atomic E-state index is 0.318. The lowest BCUT2D eigenvalue weighted by Gasteiger charge is -2.09. The first kappa shape index (κ1) is 15.4. The van der Waals surface area contributed by atoms with Crippen LogP contribution in [0.4, 0.5) is 16.4 Å². The topological polar surface area (TPSA) is 64.3 Å². The summed E-state index contributed by atoms with van der Waals surface area (Å²) in [5, 5.41) is 4.94. The van der Waals surface area contributed by atoms with Gasteiger partial charge in [-0.2, -0.15) is 0 Å². The summed E-state index contributed by atoms with van der Waals surface area (Å²) in [6.07, 6.45) is 0. The molecule has 0 spiro atoms. The molecule has 0 saturated heterocycles. The first-order chi connectivity index (χ1) is 11.1. The van der Waals surface area contributed by atoms with Gasteiger partial charge in [-0.1, -0.05) is 23.8 Å². The number of nitrogens with two attached hydrogens (primary N) is 1. The molecule has 1 heterocycles. The molecule has 2 aromatic carbocycles. The molecular weight excluding hydrogens is 308 g/mol. The highest BCUT2D eigenvalue weighted by atomic mass is 32.1. The Morgan fingerprint density at radius 3 is 2.78 bits per heavy atom. The molecule has 118 valence electrons. The van der Waals surface area contributed by atoms with E-state index >= 15 is 0 Å². The number of anilines is 3. The van der Waals surface area contributed by atoms with Crippen molar-refractivity contribution in [2.45, 2.75) is 13.8 Å². The average molecular weight is 326 g/mol. The molecule has 0 bridgehead atoms. The number of carbonyl (C=O) groups excluding carboxylic acids is 1. The lowest BCUT2D eigenvalue weighted by molar-refractivity contribution is 0.0530. The van der Waals surface area contributed by atoms with E-state index in [-0.39, 0.29) is 5.97 Å². The maximum atomic E-state index is 12.4. The Balaban J connectivity index is 2.13. The Morgan fingerprint density at radius 2 is 2.04 bits per heavy atom. The van der Waals surface area contributed by atoms with Crippen LogP contribution in [0, 0.1) is 6.92 Å². The third kappa shape index (κ3) is 3.00. The number of aryl methyl sites for hydroxylation is 1. The van der Waals surface area contributed by atoms with Crippen LogP contribution in [0.15, 0.2) is 42.5 Å². The summed E-state index contributed by atoms with van der Waals surface area (Å²) in [5.41, 5.74) is 9.08. The molecule has 0 radical (unpaired) electrons. The maximum absolute atomic E-state index is 12.4. The number of benzene rings is 2. The van der Waals surface area contributed by atoms with Crippen molar-refractivity contribution in [3.8, 4) is 0 Å². The first-order valence-corrected chi connectivity index (χ1v) is 8.23. The van der Waals surface area contributed by atoms with E-state index in [4.69, 9.17) is 10.5 Å². The zero-order valence-electron chi connectivity index (χ0n) is 13.1. The van der Waals surface area contributed by atoms with Crippen molar-refractivity contribution >= 4 is 43.8 Å². The number of rotatable bonds is 4. The predicted molar refractivity (Wildman–Crippen MR) is 96.7 cm³/mol. The number of thiophene rings is 1. The molecule has 5 heteroatoms. The third-order valence-electron chi connectivity index (χ3n) is 3.53. The average Bonchev–Trinajstić information content (AvgIpc) is 2.87. The first-order valence-electron chi connectivity index (χ1n) is 7.42. The summed E-state index contributed by atoms with van der Waals surface area (Å²) in [5.74, 6) is -0.318. The zero-order valence-corrected chi connectivity index (χ0v) is 13.9. The molecule has 3 N–H and O–H groups in total. The van der Waals surface area contributed by atoms with E-state index in [2.05, 4.69) is 5.32 Å². The second-order valence-electron chi connectivity index (χ2n) is 5.24. The van der Waals surface area contributed by atoms with E-state index in [1.165, 1.54) is 11.3 Å². The fraction of sp³-hybridized carbons (Fsp3) is 0.167. The second kappa shape index (κ2) is 6.30. The minimum Gasteiger partial charge on any atom is -0.462 e. The SMILES string of the molecule is CCOC(=O)c1c(Nc2ccccc2N)sc2ccc(C)cc12. The molecule has 23 heavy (non-hydrogen) atoms. The fourth-order valence-electron chi connectivity index (χ4n) is 2.44. The van der Waals surface area contributed by atoms with Gasteiger partial charge in [0.2, 0.25) is 0 Å². The van der Waals surface area contributed by atoms with Crippen molar-refractivity contribution in [2.24, 2.45) is 0 Å². The Bertz CT molecular complexity index is 871. The molecule has 0 unspecified atom stereocenters. The molecule has 0 saturated carbocycles. The zero-order chi connectivity index (χ0) is 16.4. The van der Waals surface area contributed by atoms with Crippen LogP contribution in [0.2, 0.25) is 0 Å². The number of esters is 1. The molecule has 0 aliphatic carbocycles. The summed E-state index contributed by atoms with van der Waals surface area (Å²) in [4.78, 5) is 12.4. The lowest BCUT2D eigenvalue weighted by atomic mass is 10.1. The number of fused-ring (bicyclic) bond motifs is 1. The Morgan fingerprint density at radius 1 is 1.26 bits per heavy atom. The Kier molecular flexibility index (Phi) is 4.21. The van der Waals surface area contributed by atoms with Crippen molar-refractivity contribution in [3.63, 3.8) is 0 Å². The van der Waals surface area contributed by atoms with Gasteiger partial charge in [-0.25, -0.2) is 4.79 Å². The fourth-order valence-corrected chi connectivity index (χ4v) is 3.52. The van der Waals surface area contributed by atoms with Crippen LogP contribution >= 0.6 is 11.3 Å². The normalized spacial score (nSPS) is 10.7. The van der Waals surface area contributed by atoms with E-state index in [0.29, 0.717) is 17.9 Å². The molecule has 3 aromatic rings. The van der Waals surface area contributed by atoms with Gasteiger partial charge in [-0.15, -0.1) is 11.3 Å². The van der Waals surface area contributed by atoms with Gasteiger partial charge in [0.1, 0.15) is 10.6 Å². The largest absolute Gasteiger partial charge is 0.462 e. The van der Waals surface area contributed by atoms with Gasteiger partial charge < -0.3 is 15.8 Å². The summed E-state index contributed by atoms with van der Waals surface area (Å²) in [7, 11) is 0. The van der Waals surface area contributed by atoms with E-state index in [0.717, 1.165) is 26.3 Å². The standard InChI is InChI=1S/C18H18N2O2S/c1-3-22-18(21)16-12-10-11(2)8-9-15(12)23-17(16)20-14-7-5-4-6-13(14)19/h4-10,20H,3,19H2,1-2H3. The van der Waals surface area contributed by atoms with Crippen LogP contribution in [0.5, 0.6) is 0 Å². The highest BCUT2D eigenvalue weighted by Crippen LogP contribution is 2.39. The van der Waals surface area contributed by atoms with Gasteiger partial charge in [-0.3, -0.25) is 0 Å². The van der Waals surface area contributed by atoms with Gasteiger partial charge in [-0.05, 0) is 38.1 Å². The number of para-hydroxylation sites is 2. The molecule has 0 aliphatic rings. The van der Waals surface area contributed by atoms with Crippen LogP contribution in [-0.2, 0) is 4.74 Å². The van der Waals surface area contributed by atoms with Gasteiger partial charge >= 0.3 is 5.97 Å². The van der Waals surface area contributed by atoms with Crippen LogP contribution in [-0.4, -0.2) is 12.6 Å². The number of nitrogen functional groups attached to an aromatic ring is 1. The summed E-state index contributed by atoms with van der Waals surface area (Å²) in [6, 6.07) is 13.6. The Hall–Kier alpha value is -2.53. The molecule has 4 nitrogen and oxygen atoms in total. The predicted octanol–water partition coefficient (Wildman–Crippen LogP) is 4.71. The molecule has 0 atom stereocenters. The Labute approximate surface area is 138 Å². The van der Waals surface area contributed by atoms with Crippen molar-refractivity contribution < 1.29 is 9.53 Å². The molecule has 0 amide bonds. The lowest BCUT2D eigenvalue weighted by Crippen LogP contribution is -2.06. The van der Waals surface area contributed by atoms with Gasteiger partial charge in [0.05, 0.1) is 18.0 Å². The quantitative estimate of drug-likeness (QED) is 0.538. The monoisotopic (exact) mass is 326 g/mol. The smallest absolute Gasteiger partial charge is 0.341 e. The highest BCUT2D eigenvalue weighted by molar-refractivity contribution is 7.23. The van der Waals surface area contributed by atoms with Gasteiger partial charge in [0.25, 0.3) is 0 Å². The minimum atomic E-state index is -0.318. The van der Waals surface area contributed by atoms with Crippen molar-refractivity contribution in [1.82, 2.24) is 0 Å². The van der Waals surface area contributed by atoms with Crippen LogP contribution in [0.1, 0.15) is 22.8 Å². The van der Waals surface area contributed by atoms with Crippen molar-refractivity contribution in [2.75, 3.05) is 17.7 Å². The highest BCUT2D eigenvalue weighted by Gasteiger charge is 2.20. The van der Waals surface area contributed by atoms with Crippen LogP contribution < -0.4 is 11.1 Å². The molecule has 1 aromatic heterocycles. The number of ether oxygens (including phenoxy) is 1. The number of nitrogens with one attached hydrogen (secondary N) is 1. The summed E-state index contributed by atoms with van der Waals surface area (Å²) in [6.45, 7) is 4.16. The molecule has 0 aliphatic heterocycles. The number of hydrogen-bond acceptors (Lipinski definition) is 5. The van der Waals surface area contributed by atoms with Gasteiger partial charge in [0, 0.05) is 10.1 Å². The van der Waals surface area contributed by atoms with E-state index in [1.807, 2.05) is 49.4 Å². The molecule has 0 fully saturated rings. The summed E-state index contributed by atoms with van der Waals surface area (Å²) >= 11 is 1.52. The number of carbonyl (C=O) groups is 1. The van der Waals surface area contributed by atoms with E-state index in [9.17, 15) is 4.79 Å². The molecule has 3 rings (SSSR count). The number of hydrogen-bond donors (Lipinski definition) is 2. The van der Waals surface area contributed by atoms with Crippen molar-refractivity contribution in [1.29, 1.82) is 0 Å². The van der Waals surface area contributed by atoms with E-state index < -0.39 is 0 Å². The van der Waals surface area contributed by atoms with E-state index in [1.54, 1.807) is 6.92 Å².